The molecule has 37 heavy (non-hydrogen) atoms. The second-order valence-corrected chi connectivity index (χ2v) is 8.32. The summed E-state index contributed by atoms with van der Waals surface area (Å²) in [6.07, 6.45) is 0. The fraction of sp³-hybridized carbons (Fsp3) is 0.0882. The van der Waals surface area contributed by atoms with Crippen LogP contribution in [0.1, 0.15) is 16.7 Å². The number of phenolic OH excluding ortho intramolecular Hbond substituents is 2. The lowest BCUT2D eigenvalue weighted by molar-refractivity contribution is 0.477. The van der Waals surface area contributed by atoms with E-state index in [9.17, 15) is 10.2 Å². The first kappa shape index (κ1) is 29.0. The van der Waals surface area contributed by atoms with Gasteiger partial charge in [-0.05, 0) is 61.0 Å². The molecule has 5 aromatic carbocycles. The molecule has 0 saturated carbocycles. The smallest absolute Gasteiger partial charge is 0.123 e. The van der Waals surface area contributed by atoms with Gasteiger partial charge in [-0.2, -0.15) is 0 Å². The normalized spacial score (nSPS) is 9.38. The zero-order valence-electron chi connectivity index (χ0n) is 21.6. The molecular formula is C34H34O2S. The van der Waals surface area contributed by atoms with E-state index >= 15 is 0 Å². The third-order valence-corrected chi connectivity index (χ3v) is 5.62. The molecule has 0 amide bonds. The van der Waals surface area contributed by atoms with Gasteiger partial charge in [0.2, 0.25) is 0 Å². The van der Waals surface area contributed by atoms with E-state index in [0.717, 1.165) is 22.3 Å². The SMILES string of the molecule is C=S.Cc1ccccc1.Cc1ccccc1-c1ccccc1O.Cc1ccccc1-c1ccccc1O. The van der Waals surface area contributed by atoms with Gasteiger partial charge in [0.25, 0.3) is 0 Å². The highest BCUT2D eigenvalue weighted by Gasteiger charge is 2.05. The minimum absolute atomic E-state index is 0.335. The lowest BCUT2D eigenvalue weighted by Gasteiger charge is -2.06. The van der Waals surface area contributed by atoms with Crippen LogP contribution in [0.3, 0.4) is 0 Å². The molecule has 0 aliphatic rings. The van der Waals surface area contributed by atoms with Gasteiger partial charge in [0.15, 0.2) is 0 Å². The molecule has 0 heterocycles. The maximum absolute atomic E-state index is 9.69. The summed E-state index contributed by atoms with van der Waals surface area (Å²) in [5.74, 6) is 3.50. The summed E-state index contributed by atoms with van der Waals surface area (Å²) in [5, 5.41) is 19.4. The van der Waals surface area contributed by atoms with Crippen molar-refractivity contribution in [1.29, 1.82) is 0 Å². The zero-order chi connectivity index (χ0) is 27.0. The summed E-state index contributed by atoms with van der Waals surface area (Å²) in [4.78, 5) is 0. The standard InChI is InChI=1S/2C13H12O.C7H8.CH2S/c2*1-10-6-2-3-7-11(10)12-8-4-5-9-13(12)14;1-7-5-3-2-4-6-7;1-2/h2*2-9,14H,1H3;2-6H,1H3;1H2. The molecule has 0 aliphatic carbocycles. The Morgan fingerprint density at radius 2 is 0.703 bits per heavy atom. The van der Waals surface area contributed by atoms with Gasteiger partial charge in [-0.3, -0.25) is 0 Å². The van der Waals surface area contributed by atoms with Crippen LogP contribution in [0.5, 0.6) is 11.5 Å². The van der Waals surface area contributed by atoms with E-state index < -0.39 is 0 Å². The molecule has 5 aromatic rings. The molecule has 3 heteroatoms. The van der Waals surface area contributed by atoms with Crippen molar-refractivity contribution in [3.8, 4) is 33.8 Å². The Bertz CT molecular complexity index is 1190. The van der Waals surface area contributed by atoms with E-state index in [0.29, 0.717) is 11.5 Å². The molecule has 0 radical (unpaired) electrons. The van der Waals surface area contributed by atoms with Crippen LogP contribution in [0, 0.1) is 20.8 Å². The highest BCUT2D eigenvalue weighted by atomic mass is 32.1. The van der Waals surface area contributed by atoms with Crippen LogP contribution in [0.15, 0.2) is 127 Å². The lowest BCUT2D eigenvalue weighted by atomic mass is 10.00. The van der Waals surface area contributed by atoms with Crippen molar-refractivity contribution in [1.82, 2.24) is 0 Å². The third kappa shape index (κ3) is 9.06. The van der Waals surface area contributed by atoms with Crippen LogP contribution >= 0.6 is 12.2 Å². The number of benzene rings is 5. The van der Waals surface area contributed by atoms with Crippen molar-refractivity contribution >= 4 is 18.1 Å². The molecule has 0 atom stereocenters. The van der Waals surface area contributed by atoms with E-state index in [1.54, 1.807) is 12.1 Å². The number of hydrogen-bond acceptors (Lipinski definition) is 3. The number of para-hydroxylation sites is 2. The number of rotatable bonds is 2. The molecule has 0 fully saturated rings. The van der Waals surface area contributed by atoms with Gasteiger partial charge >= 0.3 is 0 Å². The molecule has 2 N–H and O–H groups in total. The van der Waals surface area contributed by atoms with E-state index in [1.807, 2.05) is 117 Å². The van der Waals surface area contributed by atoms with E-state index in [4.69, 9.17) is 0 Å². The Balaban J connectivity index is 0.000000198. The maximum atomic E-state index is 9.69. The monoisotopic (exact) mass is 506 g/mol. The highest BCUT2D eigenvalue weighted by molar-refractivity contribution is 7.77. The zero-order valence-corrected chi connectivity index (χ0v) is 22.5. The summed E-state index contributed by atoms with van der Waals surface area (Å²) in [5.41, 5.74) is 7.64. The van der Waals surface area contributed by atoms with Crippen molar-refractivity contribution < 1.29 is 10.2 Å². The molecule has 0 unspecified atom stereocenters. The molecule has 188 valence electrons. The average molecular weight is 507 g/mol. The van der Waals surface area contributed by atoms with Crippen LogP contribution in [-0.2, 0) is 0 Å². The summed E-state index contributed by atoms with van der Waals surface area (Å²) < 4.78 is 0. The Labute approximate surface area is 226 Å². The molecular weight excluding hydrogens is 472 g/mol. The third-order valence-electron chi connectivity index (χ3n) is 5.62. The molecule has 2 nitrogen and oxygen atoms in total. The fourth-order valence-electron chi connectivity index (χ4n) is 3.69. The van der Waals surface area contributed by atoms with Gasteiger partial charge in [0, 0.05) is 11.1 Å². The Kier molecular flexibility index (Phi) is 12.3. The summed E-state index contributed by atoms with van der Waals surface area (Å²) in [6.45, 7) is 6.17. The first-order chi connectivity index (χ1) is 18.0. The molecule has 0 spiro atoms. The predicted molar refractivity (Wildman–Crippen MR) is 162 cm³/mol. The number of aryl methyl sites for hydroxylation is 3. The van der Waals surface area contributed by atoms with Crippen molar-refractivity contribution in [3.05, 3.63) is 144 Å². The van der Waals surface area contributed by atoms with Gasteiger partial charge in [0.05, 0.1) is 0 Å². The van der Waals surface area contributed by atoms with Crippen LogP contribution in [0.4, 0.5) is 0 Å². The second-order valence-electron chi connectivity index (χ2n) is 8.32. The predicted octanol–water partition coefficient (Wildman–Crippen LogP) is 9.35. The van der Waals surface area contributed by atoms with Gasteiger partial charge in [-0.15, -0.1) is 0 Å². The van der Waals surface area contributed by atoms with E-state index in [1.165, 1.54) is 16.7 Å². The lowest BCUT2D eigenvalue weighted by Crippen LogP contribution is -1.82. The summed E-state index contributed by atoms with van der Waals surface area (Å²) >= 11 is 3.83. The molecule has 0 aliphatic heterocycles. The minimum atomic E-state index is 0.335. The Hall–Kier alpha value is -4.21. The van der Waals surface area contributed by atoms with Crippen molar-refractivity contribution in [2.75, 3.05) is 0 Å². The Morgan fingerprint density at radius 1 is 0.405 bits per heavy atom. The van der Waals surface area contributed by atoms with Crippen LogP contribution in [0.25, 0.3) is 22.3 Å². The Morgan fingerprint density at radius 3 is 1.00 bits per heavy atom. The number of thiocarbonyl (C=S) groups is 1. The quantitative estimate of drug-likeness (QED) is 0.234. The van der Waals surface area contributed by atoms with Crippen molar-refractivity contribution in [2.45, 2.75) is 20.8 Å². The van der Waals surface area contributed by atoms with Crippen molar-refractivity contribution in [3.63, 3.8) is 0 Å². The summed E-state index contributed by atoms with van der Waals surface area (Å²) in [6, 6.07) is 41.1. The minimum Gasteiger partial charge on any atom is -0.507 e. The largest absolute Gasteiger partial charge is 0.507 e. The number of hydrogen-bond donors (Lipinski definition) is 2. The van der Waals surface area contributed by atoms with Gasteiger partial charge in [-0.25, -0.2) is 0 Å². The molecule has 5 rings (SSSR count). The van der Waals surface area contributed by atoms with E-state index in [2.05, 4.69) is 37.1 Å². The summed E-state index contributed by atoms with van der Waals surface area (Å²) in [7, 11) is 0. The number of phenols is 2. The highest BCUT2D eigenvalue weighted by Crippen LogP contribution is 2.31. The molecule has 0 bridgehead atoms. The first-order valence-corrected chi connectivity index (χ1v) is 12.5. The van der Waals surface area contributed by atoms with E-state index in [-0.39, 0.29) is 0 Å². The number of aromatic hydroxyl groups is 2. The maximum Gasteiger partial charge on any atom is 0.123 e. The topological polar surface area (TPSA) is 40.5 Å². The second kappa shape index (κ2) is 15.7. The van der Waals surface area contributed by atoms with Crippen LogP contribution in [-0.4, -0.2) is 16.1 Å². The van der Waals surface area contributed by atoms with Crippen molar-refractivity contribution in [2.24, 2.45) is 0 Å². The average Bonchev–Trinajstić information content (AvgIpc) is 2.93. The fourth-order valence-corrected chi connectivity index (χ4v) is 3.69. The first-order valence-electron chi connectivity index (χ1n) is 12.0. The van der Waals surface area contributed by atoms with Gasteiger partial charge in [0.1, 0.15) is 11.5 Å². The van der Waals surface area contributed by atoms with Crippen LogP contribution in [0.2, 0.25) is 0 Å². The molecule has 0 aromatic heterocycles. The van der Waals surface area contributed by atoms with Gasteiger partial charge in [-0.1, -0.05) is 133 Å². The molecule has 0 saturated heterocycles. The van der Waals surface area contributed by atoms with Gasteiger partial charge < -0.3 is 10.2 Å². The van der Waals surface area contributed by atoms with Crippen LogP contribution < -0.4 is 0 Å².